The third kappa shape index (κ3) is 3.73. The van der Waals surface area contributed by atoms with Crippen LogP contribution in [-0.4, -0.2) is 14.2 Å². The summed E-state index contributed by atoms with van der Waals surface area (Å²) in [6, 6.07) is 7.16. The van der Waals surface area contributed by atoms with Crippen LogP contribution >= 0.6 is 0 Å². The van der Waals surface area contributed by atoms with Crippen molar-refractivity contribution in [3.63, 3.8) is 0 Å². The molecule has 0 bridgehead atoms. The van der Waals surface area contributed by atoms with Gasteiger partial charge in [-0.1, -0.05) is 12.1 Å². The molecule has 5 nitrogen and oxygen atoms in total. The average molecular weight is 215 g/mol. The lowest BCUT2D eigenvalue weighted by molar-refractivity contribution is 0.597. The largest absolute Gasteiger partial charge is 0.324 e. The van der Waals surface area contributed by atoms with E-state index >= 15 is 0 Å². The van der Waals surface area contributed by atoms with Crippen LogP contribution in [0.3, 0.4) is 0 Å². The molecule has 0 aliphatic carbocycles. The van der Waals surface area contributed by atoms with Crippen molar-refractivity contribution in [3.8, 4) is 0 Å². The second kappa shape index (κ2) is 4.41. The van der Waals surface area contributed by atoms with Gasteiger partial charge >= 0.3 is 0 Å². The number of nitrogen functional groups attached to an aromatic ring is 1. The van der Waals surface area contributed by atoms with Gasteiger partial charge in [-0.05, 0) is 24.1 Å². The molecule has 0 saturated carbocycles. The van der Waals surface area contributed by atoms with Crippen molar-refractivity contribution in [3.05, 3.63) is 29.8 Å². The molecule has 78 valence electrons. The Kier molecular flexibility index (Phi) is 3.45. The third-order valence-electron chi connectivity index (χ3n) is 1.80. The number of anilines is 1. The summed E-state index contributed by atoms with van der Waals surface area (Å²) in [6.45, 7) is 0. The molecule has 0 saturated heterocycles. The van der Waals surface area contributed by atoms with Gasteiger partial charge in [0.05, 0.1) is 5.75 Å². The summed E-state index contributed by atoms with van der Waals surface area (Å²) in [5.74, 6) is 5.14. The van der Waals surface area contributed by atoms with Gasteiger partial charge in [0.25, 0.3) is 0 Å². The quantitative estimate of drug-likeness (QED) is 0.478. The molecular weight excluding hydrogens is 202 g/mol. The van der Waals surface area contributed by atoms with Gasteiger partial charge in [-0.25, -0.2) is 13.6 Å². The molecule has 0 atom stereocenters. The van der Waals surface area contributed by atoms with E-state index in [-0.39, 0.29) is 5.75 Å². The summed E-state index contributed by atoms with van der Waals surface area (Å²) >= 11 is 0. The Morgan fingerprint density at radius 1 is 1.21 bits per heavy atom. The second-order valence-corrected chi connectivity index (χ2v) is 4.69. The summed E-state index contributed by atoms with van der Waals surface area (Å²) in [5, 5.41) is 4.88. The first-order chi connectivity index (χ1) is 6.51. The zero-order chi connectivity index (χ0) is 10.6. The Morgan fingerprint density at radius 2 is 1.79 bits per heavy atom. The van der Waals surface area contributed by atoms with Crippen LogP contribution in [0.5, 0.6) is 0 Å². The van der Waals surface area contributed by atoms with E-state index in [9.17, 15) is 8.42 Å². The minimum Gasteiger partial charge on any atom is -0.324 e. The third-order valence-corrected chi connectivity index (χ3v) is 2.57. The number of hydrogen-bond donors (Lipinski definition) is 3. The smallest absolute Gasteiger partial charge is 0.209 e. The number of hydrazine groups is 1. The maximum atomic E-state index is 10.7. The Morgan fingerprint density at radius 3 is 2.21 bits per heavy atom. The summed E-state index contributed by atoms with van der Waals surface area (Å²) < 4.78 is 21.3. The fourth-order valence-electron chi connectivity index (χ4n) is 1.03. The lowest BCUT2D eigenvalue weighted by atomic mass is 10.1. The number of nitrogens with two attached hydrogens (primary N) is 2. The molecule has 0 unspecified atom stereocenters. The minimum absolute atomic E-state index is 0.0393. The molecule has 1 aromatic rings. The molecule has 6 heteroatoms. The van der Waals surface area contributed by atoms with Gasteiger partial charge in [-0.15, -0.1) is 0 Å². The van der Waals surface area contributed by atoms with Crippen LogP contribution in [0.2, 0.25) is 0 Å². The topological polar surface area (TPSA) is 98.2 Å². The zero-order valence-electron chi connectivity index (χ0n) is 7.60. The van der Waals surface area contributed by atoms with Crippen molar-refractivity contribution < 1.29 is 8.42 Å². The number of nitrogens with one attached hydrogen (secondary N) is 1. The Bertz CT molecular complexity index is 386. The normalized spacial score (nSPS) is 11.3. The summed E-state index contributed by atoms with van der Waals surface area (Å²) in [7, 11) is -3.38. The molecule has 0 fully saturated rings. The first-order valence-electron chi connectivity index (χ1n) is 4.07. The van der Waals surface area contributed by atoms with Crippen LogP contribution in [-0.2, 0) is 16.4 Å². The summed E-state index contributed by atoms with van der Waals surface area (Å²) in [6.07, 6.45) is 0.420. The van der Waals surface area contributed by atoms with Crippen LogP contribution in [0, 0.1) is 0 Å². The SMILES string of the molecule is NNc1ccc(CCS(N)(=O)=O)cc1. The highest BCUT2D eigenvalue weighted by Gasteiger charge is 2.02. The van der Waals surface area contributed by atoms with E-state index in [4.69, 9.17) is 11.0 Å². The van der Waals surface area contributed by atoms with Gasteiger partial charge in [0.1, 0.15) is 0 Å². The maximum Gasteiger partial charge on any atom is 0.209 e. The van der Waals surface area contributed by atoms with E-state index < -0.39 is 10.0 Å². The van der Waals surface area contributed by atoms with Crippen molar-refractivity contribution in [2.45, 2.75) is 6.42 Å². The second-order valence-electron chi connectivity index (χ2n) is 2.96. The molecule has 14 heavy (non-hydrogen) atoms. The molecule has 0 spiro atoms. The molecular formula is C8H13N3O2S. The van der Waals surface area contributed by atoms with Crippen LogP contribution in [0.15, 0.2) is 24.3 Å². The minimum atomic E-state index is -3.38. The highest BCUT2D eigenvalue weighted by Crippen LogP contribution is 2.08. The molecule has 0 aromatic heterocycles. The van der Waals surface area contributed by atoms with Crippen molar-refractivity contribution in [2.24, 2.45) is 11.0 Å². The number of sulfonamides is 1. The van der Waals surface area contributed by atoms with Gasteiger partial charge in [0.15, 0.2) is 0 Å². The molecule has 0 radical (unpaired) electrons. The fraction of sp³-hybridized carbons (Fsp3) is 0.250. The maximum absolute atomic E-state index is 10.7. The van der Waals surface area contributed by atoms with E-state index in [0.29, 0.717) is 6.42 Å². The van der Waals surface area contributed by atoms with Gasteiger partial charge in [0, 0.05) is 5.69 Å². The van der Waals surface area contributed by atoms with E-state index in [1.54, 1.807) is 24.3 Å². The van der Waals surface area contributed by atoms with Crippen molar-refractivity contribution in [2.75, 3.05) is 11.2 Å². The number of primary sulfonamides is 1. The van der Waals surface area contributed by atoms with E-state index in [1.165, 1.54) is 0 Å². The van der Waals surface area contributed by atoms with Crippen LogP contribution in [0.1, 0.15) is 5.56 Å². The zero-order valence-corrected chi connectivity index (χ0v) is 8.42. The monoisotopic (exact) mass is 215 g/mol. The number of hydrogen-bond acceptors (Lipinski definition) is 4. The molecule has 0 aliphatic heterocycles. The molecule has 0 aliphatic rings. The number of aryl methyl sites for hydroxylation is 1. The Balaban J connectivity index is 2.61. The Labute approximate surface area is 83.1 Å². The summed E-state index contributed by atoms with van der Waals surface area (Å²) in [5.41, 5.74) is 4.18. The molecule has 5 N–H and O–H groups in total. The van der Waals surface area contributed by atoms with Gasteiger partial charge in [0.2, 0.25) is 10.0 Å². The van der Waals surface area contributed by atoms with E-state index in [2.05, 4.69) is 5.43 Å². The first-order valence-corrected chi connectivity index (χ1v) is 5.79. The average Bonchev–Trinajstić information content (AvgIpc) is 2.14. The van der Waals surface area contributed by atoms with Crippen molar-refractivity contribution in [1.29, 1.82) is 0 Å². The van der Waals surface area contributed by atoms with Crippen molar-refractivity contribution in [1.82, 2.24) is 0 Å². The van der Waals surface area contributed by atoms with E-state index in [1.807, 2.05) is 0 Å². The number of benzene rings is 1. The highest BCUT2D eigenvalue weighted by atomic mass is 32.2. The van der Waals surface area contributed by atoms with Gasteiger partial charge in [-0.3, -0.25) is 5.84 Å². The van der Waals surface area contributed by atoms with Crippen LogP contribution in [0.25, 0.3) is 0 Å². The first kappa shape index (κ1) is 11.0. The fourth-order valence-corrected chi connectivity index (χ4v) is 1.55. The van der Waals surface area contributed by atoms with Gasteiger partial charge < -0.3 is 5.43 Å². The van der Waals surface area contributed by atoms with E-state index in [0.717, 1.165) is 11.3 Å². The predicted molar refractivity (Wildman–Crippen MR) is 55.9 cm³/mol. The predicted octanol–water partition coefficient (Wildman–Crippen LogP) is -0.197. The molecule has 0 amide bonds. The van der Waals surface area contributed by atoms with Crippen LogP contribution < -0.4 is 16.4 Å². The molecule has 1 aromatic carbocycles. The molecule has 0 heterocycles. The highest BCUT2D eigenvalue weighted by molar-refractivity contribution is 7.89. The van der Waals surface area contributed by atoms with Gasteiger partial charge in [-0.2, -0.15) is 0 Å². The van der Waals surface area contributed by atoms with Crippen LogP contribution in [0.4, 0.5) is 5.69 Å². The standard InChI is InChI=1S/C8H13N3O2S/c9-11-8-3-1-7(2-4-8)5-6-14(10,12)13/h1-4,11H,5-6,9H2,(H2,10,12,13). The summed E-state index contributed by atoms with van der Waals surface area (Å²) in [4.78, 5) is 0. The Hall–Kier alpha value is -1.11. The molecule has 1 rings (SSSR count). The lowest BCUT2D eigenvalue weighted by Gasteiger charge is -2.02. The lowest BCUT2D eigenvalue weighted by Crippen LogP contribution is -2.17. The number of rotatable bonds is 4. The van der Waals surface area contributed by atoms with Crippen molar-refractivity contribution >= 4 is 15.7 Å².